The second kappa shape index (κ2) is 9.58. The summed E-state index contributed by atoms with van der Waals surface area (Å²) in [5, 5.41) is 0. The van der Waals surface area contributed by atoms with Gasteiger partial charge in [-0.05, 0) is 80.4 Å². The van der Waals surface area contributed by atoms with Gasteiger partial charge >= 0.3 is 0 Å². The van der Waals surface area contributed by atoms with Crippen LogP contribution in [0.5, 0.6) is 0 Å². The standard InChI is InChI=1S/C24H31FN2O2S/c1-17-15-22(30-23(17)24(28)27-9-3-4-10-27)19-5-6-20(21(25)16-19)18-7-11-26(12-8-18)13-14-29-2/h5-6,15-16,18H,3-4,7-14H2,1-2H3. The minimum atomic E-state index is -0.124. The molecule has 3 heterocycles. The molecule has 1 amide bonds. The Morgan fingerprint density at radius 3 is 2.57 bits per heavy atom. The topological polar surface area (TPSA) is 32.8 Å². The number of piperidine rings is 1. The van der Waals surface area contributed by atoms with E-state index in [0.29, 0.717) is 0 Å². The molecule has 30 heavy (non-hydrogen) atoms. The lowest BCUT2D eigenvalue weighted by atomic mass is 9.88. The highest BCUT2D eigenvalue weighted by atomic mass is 32.1. The van der Waals surface area contributed by atoms with Gasteiger partial charge in [-0.25, -0.2) is 4.39 Å². The van der Waals surface area contributed by atoms with Gasteiger partial charge in [0.15, 0.2) is 0 Å². The van der Waals surface area contributed by atoms with Crippen LogP contribution in [0.4, 0.5) is 4.39 Å². The Morgan fingerprint density at radius 1 is 1.17 bits per heavy atom. The van der Waals surface area contributed by atoms with Crippen molar-refractivity contribution in [3.63, 3.8) is 0 Å². The lowest BCUT2D eigenvalue weighted by Crippen LogP contribution is -2.35. The molecule has 0 aliphatic carbocycles. The summed E-state index contributed by atoms with van der Waals surface area (Å²) in [6, 6.07) is 7.65. The van der Waals surface area contributed by atoms with Crippen LogP contribution < -0.4 is 0 Å². The second-order valence-corrected chi connectivity index (χ2v) is 9.52. The van der Waals surface area contributed by atoms with Gasteiger partial charge in [0.2, 0.25) is 0 Å². The first-order valence-electron chi connectivity index (χ1n) is 11.0. The van der Waals surface area contributed by atoms with E-state index in [1.165, 1.54) is 11.3 Å². The van der Waals surface area contributed by atoms with Gasteiger partial charge in [0.1, 0.15) is 5.82 Å². The number of thiophene rings is 1. The highest BCUT2D eigenvalue weighted by Gasteiger charge is 2.25. The third-order valence-electron chi connectivity index (χ3n) is 6.43. The first kappa shape index (κ1) is 21.5. The number of carbonyl (C=O) groups is 1. The highest BCUT2D eigenvalue weighted by Crippen LogP contribution is 2.36. The van der Waals surface area contributed by atoms with E-state index in [0.717, 1.165) is 91.5 Å². The van der Waals surface area contributed by atoms with E-state index in [4.69, 9.17) is 4.74 Å². The summed E-state index contributed by atoms with van der Waals surface area (Å²) in [4.78, 5) is 18.9. The molecule has 4 rings (SSSR count). The molecule has 0 unspecified atom stereocenters. The summed E-state index contributed by atoms with van der Waals surface area (Å²) in [7, 11) is 1.73. The van der Waals surface area contributed by atoms with Gasteiger partial charge < -0.3 is 14.5 Å². The summed E-state index contributed by atoms with van der Waals surface area (Å²) in [5.74, 6) is 0.273. The molecule has 2 saturated heterocycles. The minimum absolute atomic E-state index is 0.124. The zero-order valence-corrected chi connectivity index (χ0v) is 18.8. The molecule has 2 aliphatic heterocycles. The number of likely N-dealkylation sites (tertiary alicyclic amines) is 2. The predicted molar refractivity (Wildman–Crippen MR) is 120 cm³/mol. The molecule has 1 aromatic carbocycles. The number of carbonyl (C=O) groups excluding carboxylic acids is 1. The number of nitrogens with zero attached hydrogens (tertiary/aromatic N) is 2. The molecular weight excluding hydrogens is 399 g/mol. The number of halogens is 1. The normalized spacial score (nSPS) is 18.3. The fraction of sp³-hybridized carbons (Fsp3) is 0.542. The maximum absolute atomic E-state index is 15.0. The van der Waals surface area contributed by atoms with Crippen molar-refractivity contribution < 1.29 is 13.9 Å². The smallest absolute Gasteiger partial charge is 0.264 e. The van der Waals surface area contributed by atoms with Crippen molar-refractivity contribution in [2.45, 2.75) is 38.5 Å². The number of rotatable bonds is 6. The largest absolute Gasteiger partial charge is 0.383 e. The molecule has 0 spiro atoms. The Kier molecular flexibility index (Phi) is 6.86. The van der Waals surface area contributed by atoms with Gasteiger partial charge in [-0.15, -0.1) is 11.3 Å². The summed E-state index contributed by atoms with van der Waals surface area (Å²) in [5.41, 5.74) is 2.67. The van der Waals surface area contributed by atoms with Gasteiger partial charge in [0.05, 0.1) is 11.5 Å². The van der Waals surface area contributed by atoms with Gasteiger partial charge in [0, 0.05) is 31.6 Å². The van der Waals surface area contributed by atoms with Gasteiger partial charge in [-0.3, -0.25) is 4.79 Å². The predicted octanol–water partition coefficient (Wildman–Crippen LogP) is 4.92. The van der Waals surface area contributed by atoms with Crippen molar-refractivity contribution in [1.82, 2.24) is 9.80 Å². The van der Waals surface area contributed by atoms with Crippen molar-refractivity contribution in [1.29, 1.82) is 0 Å². The average Bonchev–Trinajstić information content (AvgIpc) is 3.42. The molecule has 2 aliphatic rings. The fourth-order valence-corrected chi connectivity index (χ4v) is 5.74. The summed E-state index contributed by atoms with van der Waals surface area (Å²) >= 11 is 1.49. The molecule has 2 aromatic rings. The van der Waals surface area contributed by atoms with Crippen LogP contribution in [0, 0.1) is 12.7 Å². The van der Waals surface area contributed by atoms with E-state index in [1.807, 2.05) is 30.0 Å². The quantitative estimate of drug-likeness (QED) is 0.652. The number of aryl methyl sites for hydroxylation is 1. The van der Waals surface area contributed by atoms with Crippen LogP contribution in [0.2, 0.25) is 0 Å². The van der Waals surface area contributed by atoms with Crippen LogP contribution in [-0.2, 0) is 4.74 Å². The van der Waals surface area contributed by atoms with Crippen LogP contribution in [0.15, 0.2) is 24.3 Å². The maximum atomic E-state index is 15.0. The molecule has 4 nitrogen and oxygen atoms in total. The monoisotopic (exact) mass is 430 g/mol. The summed E-state index contributed by atoms with van der Waals surface area (Å²) < 4.78 is 20.2. The van der Waals surface area contributed by atoms with Crippen LogP contribution in [0.25, 0.3) is 10.4 Å². The van der Waals surface area contributed by atoms with Crippen LogP contribution in [0.3, 0.4) is 0 Å². The van der Waals surface area contributed by atoms with Crippen molar-refractivity contribution in [2.75, 3.05) is 46.4 Å². The number of hydrogen-bond acceptors (Lipinski definition) is 4. The van der Waals surface area contributed by atoms with Crippen LogP contribution in [-0.4, -0.2) is 62.1 Å². The first-order chi connectivity index (χ1) is 14.6. The van der Waals surface area contributed by atoms with Crippen LogP contribution in [0.1, 0.15) is 52.4 Å². The Morgan fingerprint density at radius 2 is 1.90 bits per heavy atom. The van der Waals surface area contributed by atoms with Gasteiger partial charge in [-0.1, -0.05) is 12.1 Å². The maximum Gasteiger partial charge on any atom is 0.264 e. The molecule has 162 valence electrons. The average molecular weight is 431 g/mol. The third-order valence-corrected chi connectivity index (χ3v) is 7.70. The molecule has 0 atom stereocenters. The summed E-state index contributed by atoms with van der Waals surface area (Å²) in [6.45, 7) is 7.34. The van der Waals surface area contributed by atoms with E-state index in [1.54, 1.807) is 13.2 Å². The zero-order chi connectivity index (χ0) is 21.1. The second-order valence-electron chi connectivity index (χ2n) is 8.47. The van der Waals surface area contributed by atoms with Crippen molar-refractivity contribution in [3.8, 4) is 10.4 Å². The molecule has 0 radical (unpaired) electrons. The first-order valence-corrected chi connectivity index (χ1v) is 11.8. The number of hydrogen-bond donors (Lipinski definition) is 0. The third kappa shape index (κ3) is 4.61. The Labute approximate surface area is 182 Å². The number of ether oxygens (including phenoxy) is 1. The Hall–Kier alpha value is -1.76. The van der Waals surface area contributed by atoms with Crippen molar-refractivity contribution in [2.24, 2.45) is 0 Å². The number of methoxy groups -OCH3 is 1. The molecule has 1 aromatic heterocycles. The van der Waals surface area contributed by atoms with E-state index < -0.39 is 0 Å². The lowest BCUT2D eigenvalue weighted by Gasteiger charge is -2.32. The molecule has 0 bridgehead atoms. The molecule has 2 fully saturated rings. The Balaban J connectivity index is 1.46. The van der Waals surface area contributed by atoms with Crippen molar-refractivity contribution >= 4 is 17.2 Å². The number of amides is 1. The van der Waals surface area contributed by atoms with Crippen molar-refractivity contribution in [3.05, 3.63) is 46.1 Å². The molecule has 0 N–H and O–H groups in total. The fourth-order valence-electron chi connectivity index (χ4n) is 4.60. The van der Waals surface area contributed by atoms with E-state index in [2.05, 4.69) is 4.90 Å². The van der Waals surface area contributed by atoms with Gasteiger partial charge in [0.25, 0.3) is 5.91 Å². The van der Waals surface area contributed by atoms with Crippen LogP contribution >= 0.6 is 11.3 Å². The minimum Gasteiger partial charge on any atom is -0.383 e. The van der Waals surface area contributed by atoms with Gasteiger partial charge in [-0.2, -0.15) is 0 Å². The molecular formula is C24H31FN2O2S. The SMILES string of the molecule is COCCN1CCC(c2ccc(-c3cc(C)c(C(=O)N4CCCC4)s3)cc2F)CC1. The lowest BCUT2D eigenvalue weighted by molar-refractivity contribution is 0.0797. The molecule has 0 saturated carbocycles. The highest BCUT2D eigenvalue weighted by molar-refractivity contribution is 7.17. The van der Waals surface area contributed by atoms with E-state index in [9.17, 15) is 4.79 Å². The zero-order valence-electron chi connectivity index (χ0n) is 18.0. The van der Waals surface area contributed by atoms with E-state index in [-0.39, 0.29) is 17.6 Å². The summed E-state index contributed by atoms with van der Waals surface area (Å²) in [6.07, 6.45) is 4.13. The number of benzene rings is 1. The molecule has 6 heteroatoms. The Bertz CT molecular complexity index is 883. The van der Waals surface area contributed by atoms with E-state index >= 15 is 4.39 Å².